The van der Waals surface area contributed by atoms with Crippen LogP contribution in [0.2, 0.25) is 0 Å². The van der Waals surface area contributed by atoms with Crippen LogP contribution in [0.3, 0.4) is 0 Å². The van der Waals surface area contributed by atoms with Gasteiger partial charge in [0.25, 0.3) is 5.91 Å². The van der Waals surface area contributed by atoms with Crippen LogP contribution in [-0.2, 0) is 11.3 Å². The van der Waals surface area contributed by atoms with E-state index >= 15 is 0 Å². The number of halogens is 1. The zero-order valence-electron chi connectivity index (χ0n) is 11.8. The Morgan fingerprint density at radius 3 is 2.57 bits per heavy atom. The second kappa shape index (κ2) is 5.75. The first-order valence-electron chi connectivity index (χ1n) is 7.34. The van der Waals surface area contributed by atoms with E-state index < -0.39 is 5.54 Å². The van der Waals surface area contributed by atoms with Crippen molar-refractivity contribution in [1.29, 1.82) is 0 Å². The lowest BCUT2D eigenvalue weighted by Crippen LogP contribution is -2.48. The summed E-state index contributed by atoms with van der Waals surface area (Å²) in [5.41, 5.74) is 0.272. The molecule has 1 aliphatic carbocycles. The summed E-state index contributed by atoms with van der Waals surface area (Å²) in [5.74, 6) is -0.127. The quantitative estimate of drug-likeness (QED) is 0.833. The average molecular weight is 352 g/mol. The van der Waals surface area contributed by atoms with Crippen molar-refractivity contribution in [3.63, 3.8) is 0 Å². The number of imide groups is 1. The Bertz CT molecular complexity index is 568. The molecule has 1 aromatic heterocycles. The molecule has 0 bridgehead atoms. The summed E-state index contributed by atoms with van der Waals surface area (Å²) in [4.78, 5) is 30.4. The SMILES string of the molecule is O=C1NC(=O)C2(CCCCCC2)N1Cc1cncc(Br)c1. The van der Waals surface area contributed by atoms with Crippen LogP contribution in [0.15, 0.2) is 22.9 Å². The van der Waals surface area contributed by atoms with Crippen LogP contribution in [0, 0.1) is 0 Å². The van der Waals surface area contributed by atoms with Gasteiger partial charge in [-0.15, -0.1) is 0 Å². The molecule has 1 N–H and O–H groups in total. The summed E-state index contributed by atoms with van der Waals surface area (Å²) >= 11 is 3.39. The van der Waals surface area contributed by atoms with Crippen molar-refractivity contribution in [3.8, 4) is 0 Å². The fraction of sp³-hybridized carbons (Fsp3) is 0.533. The van der Waals surface area contributed by atoms with Gasteiger partial charge in [-0.1, -0.05) is 25.7 Å². The van der Waals surface area contributed by atoms with E-state index in [1.165, 1.54) is 0 Å². The molecule has 0 unspecified atom stereocenters. The molecule has 2 heterocycles. The van der Waals surface area contributed by atoms with Gasteiger partial charge in [0, 0.05) is 16.9 Å². The third kappa shape index (κ3) is 2.69. The molecule has 3 amide bonds. The number of hydrogen-bond donors (Lipinski definition) is 1. The fourth-order valence-corrected chi connectivity index (χ4v) is 3.77. The molecule has 0 aromatic carbocycles. The van der Waals surface area contributed by atoms with Gasteiger partial charge in [-0.3, -0.25) is 15.1 Å². The number of carbonyl (C=O) groups is 2. The lowest BCUT2D eigenvalue weighted by molar-refractivity contribution is -0.127. The van der Waals surface area contributed by atoms with Crippen molar-refractivity contribution in [2.24, 2.45) is 0 Å². The Kier molecular flexibility index (Phi) is 3.97. The monoisotopic (exact) mass is 351 g/mol. The van der Waals surface area contributed by atoms with Crippen molar-refractivity contribution in [2.45, 2.75) is 50.6 Å². The van der Waals surface area contributed by atoms with Crippen molar-refractivity contribution in [2.75, 3.05) is 0 Å². The van der Waals surface area contributed by atoms with Crippen molar-refractivity contribution in [1.82, 2.24) is 15.2 Å². The number of aromatic nitrogens is 1. The largest absolute Gasteiger partial charge is 0.325 e. The second-order valence-electron chi connectivity index (χ2n) is 5.80. The highest BCUT2D eigenvalue weighted by Crippen LogP contribution is 2.37. The maximum absolute atomic E-state index is 12.4. The molecule has 21 heavy (non-hydrogen) atoms. The fourth-order valence-electron chi connectivity index (χ4n) is 3.36. The van der Waals surface area contributed by atoms with Gasteiger partial charge in [0.15, 0.2) is 0 Å². The lowest BCUT2D eigenvalue weighted by Gasteiger charge is -2.34. The predicted octanol–water partition coefficient (Wildman–Crippen LogP) is 2.99. The molecule has 5 nitrogen and oxygen atoms in total. The van der Waals surface area contributed by atoms with Crippen molar-refractivity contribution < 1.29 is 9.59 Å². The number of pyridine rings is 1. The van der Waals surface area contributed by atoms with Crippen LogP contribution in [0.25, 0.3) is 0 Å². The number of amides is 3. The third-order valence-corrected chi connectivity index (χ3v) is 4.87. The maximum Gasteiger partial charge on any atom is 0.325 e. The Balaban J connectivity index is 1.90. The molecule has 1 saturated heterocycles. The Hall–Kier alpha value is -1.43. The number of urea groups is 1. The summed E-state index contributed by atoms with van der Waals surface area (Å²) in [6.07, 6.45) is 9.22. The molecule has 0 atom stereocenters. The van der Waals surface area contributed by atoms with E-state index in [0.29, 0.717) is 6.54 Å². The minimum absolute atomic E-state index is 0.127. The highest BCUT2D eigenvalue weighted by Gasteiger charge is 2.52. The number of carbonyl (C=O) groups excluding carboxylic acids is 2. The zero-order chi connectivity index (χ0) is 14.9. The van der Waals surface area contributed by atoms with Crippen LogP contribution in [0.1, 0.15) is 44.1 Å². The first kappa shape index (κ1) is 14.5. The molecule has 1 spiro atoms. The van der Waals surface area contributed by atoms with E-state index in [1.54, 1.807) is 17.3 Å². The summed E-state index contributed by atoms with van der Waals surface area (Å²) in [5, 5.41) is 2.51. The third-order valence-electron chi connectivity index (χ3n) is 4.44. The molecule has 1 aromatic rings. The maximum atomic E-state index is 12.4. The number of nitrogens with zero attached hydrogens (tertiary/aromatic N) is 2. The highest BCUT2D eigenvalue weighted by atomic mass is 79.9. The molecule has 0 radical (unpaired) electrons. The van der Waals surface area contributed by atoms with Crippen LogP contribution in [0.4, 0.5) is 4.79 Å². The molecular weight excluding hydrogens is 334 g/mol. The summed E-state index contributed by atoms with van der Waals surface area (Å²) in [6, 6.07) is 1.66. The molecule has 1 aliphatic heterocycles. The Morgan fingerprint density at radius 2 is 1.90 bits per heavy atom. The van der Waals surface area contributed by atoms with Crippen LogP contribution in [0.5, 0.6) is 0 Å². The molecular formula is C15H18BrN3O2. The van der Waals surface area contributed by atoms with E-state index in [-0.39, 0.29) is 11.9 Å². The van der Waals surface area contributed by atoms with E-state index in [9.17, 15) is 9.59 Å². The molecule has 2 aliphatic rings. The highest BCUT2D eigenvalue weighted by molar-refractivity contribution is 9.10. The van der Waals surface area contributed by atoms with Gasteiger partial charge in [0.1, 0.15) is 5.54 Å². The predicted molar refractivity (Wildman–Crippen MR) is 81.5 cm³/mol. The topological polar surface area (TPSA) is 62.3 Å². The number of hydrogen-bond acceptors (Lipinski definition) is 3. The summed E-state index contributed by atoms with van der Waals surface area (Å²) in [7, 11) is 0. The molecule has 1 saturated carbocycles. The standard InChI is InChI=1S/C15H18BrN3O2/c16-12-7-11(8-17-9-12)10-19-14(21)18-13(20)15(19)5-3-1-2-4-6-15/h7-9H,1-6,10H2,(H,18,20,21). The van der Waals surface area contributed by atoms with Gasteiger partial charge in [-0.25, -0.2) is 4.79 Å². The van der Waals surface area contributed by atoms with E-state index in [0.717, 1.165) is 48.6 Å². The summed E-state index contributed by atoms with van der Waals surface area (Å²) in [6.45, 7) is 0.421. The van der Waals surface area contributed by atoms with Gasteiger partial charge in [0.05, 0.1) is 6.54 Å². The first-order chi connectivity index (χ1) is 10.1. The van der Waals surface area contributed by atoms with Crippen molar-refractivity contribution in [3.05, 3.63) is 28.5 Å². The number of nitrogens with one attached hydrogen (secondary N) is 1. The second-order valence-corrected chi connectivity index (χ2v) is 6.72. The van der Waals surface area contributed by atoms with Crippen LogP contribution in [-0.4, -0.2) is 27.4 Å². The average Bonchev–Trinajstić information content (AvgIpc) is 2.64. The van der Waals surface area contributed by atoms with Gasteiger partial charge < -0.3 is 4.90 Å². The Morgan fingerprint density at radius 1 is 1.19 bits per heavy atom. The lowest BCUT2D eigenvalue weighted by atomic mass is 9.88. The van der Waals surface area contributed by atoms with Crippen LogP contribution < -0.4 is 5.32 Å². The smallest absolute Gasteiger partial charge is 0.305 e. The van der Waals surface area contributed by atoms with E-state index in [4.69, 9.17) is 0 Å². The van der Waals surface area contributed by atoms with Crippen LogP contribution >= 0.6 is 15.9 Å². The molecule has 3 rings (SSSR count). The van der Waals surface area contributed by atoms with Gasteiger partial charge in [-0.2, -0.15) is 0 Å². The molecule has 112 valence electrons. The molecule has 2 fully saturated rings. The van der Waals surface area contributed by atoms with Gasteiger partial charge in [-0.05, 0) is 40.4 Å². The van der Waals surface area contributed by atoms with Crippen molar-refractivity contribution >= 4 is 27.9 Å². The van der Waals surface area contributed by atoms with E-state index in [2.05, 4.69) is 26.2 Å². The van der Waals surface area contributed by atoms with Gasteiger partial charge in [0.2, 0.25) is 0 Å². The molecule has 6 heteroatoms. The minimum atomic E-state index is -0.657. The minimum Gasteiger partial charge on any atom is -0.305 e. The van der Waals surface area contributed by atoms with E-state index in [1.807, 2.05) is 6.07 Å². The zero-order valence-corrected chi connectivity index (χ0v) is 13.4. The Labute approximate surface area is 132 Å². The normalized spacial score (nSPS) is 21.5. The summed E-state index contributed by atoms with van der Waals surface area (Å²) < 4.78 is 0.876. The first-order valence-corrected chi connectivity index (χ1v) is 8.14. The van der Waals surface area contributed by atoms with Gasteiger partial charge >= 0.3 is 6.03 Å². The number of rotatable bonds is 2.